The average molecular weight is 465 g/mol. The summed E-state index contributed by atoms with van der Waals surface area (Å²) in [5.74, 6) is -0.666. The van der Waals surface area contributed by atoms with Crippen molar-refractivity contribution in [2.75, 3.05) is 33.7 Å². The topological polar surface area (TPSA) is 67.7 Å². The van der Waals surface area contributed by atoms with Gasteiger partial charge >= 0.3 is 5.97 Å². The van der Waals surface area contributed by atoms with E-state index in [1.807, 2.05) is 71.0 Å². The van der Waals surface area contributed by atoms with Crippen LogP contribution in [-0.4, -0.2) is 70.8 Å². The Morgan fingerprint density at radius 2 is 1.76 bits per heavy atom. The molecule has 7 nitrogen and oxygen atoms in total. The first-order chi connectivity index (χ1) is 13.5. The molecule has 1 aromatic heterocycles. The maximum Gasteiger partial charge on any atom is 0.326 e. The van der Waals surface area contributed by atoms with E-state index in [2.05, 4.69) is 21.0 Å². The number of amides is 1. The van der Waals surface area contributed by atoms with E-state index in [0.29, 0.717) is 18.7 Å². The van der Waals surface area contributed by atoms with Crippen molar-refractivity contribution >= 4 is 27.8 Å². The Morgan fingerprint density at radius 1 is 1.14 bits per heavy atom. The van der Waals surface area contributed by atoms with Crippen LogP contribution in [-0.2, 0) is 9.53 Å². The number of halogens is 1. The molecule has 0 radical (unpaired) electrons. The Hall–Kier alpha value is -2.19. The van der Waals surface area contributed by atoms with E-state index < -0.39 is 11.6 Å². The maximum atomic E-state index is 13.2. The maximum absolute atomic E-state index is 13.2. The molecule has 0 saturated carbocycles. The normalized spacial score (nSPS) is 11.6. The van der Waals surface area contributed by atoms with Crippen molar-refractivity contribution in [1.29, 1.82) is 0 Å². The highest BCUT2D eigenvalue weighted by Crippen LogP contribution is 2.19. The van der Waals surface area contributed by atoms with Crippen LogP contribution in [0.1, 0.15) is 36.8 Å². The highest BCUT2D eigenvalue weighted by Gasteiger charge is 2.25. The summed E-state index contributed by atoms with van der Waals surface area (Å²) in [6.45, 7) is 8.21. The second-order valence-corrected chi connectivity index (χ2v) is 9.06. The number of aromatic nitrogens is 2. The molecule has 2 aromatic rings. The van der Waals surface area contributed by atoms with Crippen LogP contribution in [0.15, 0.2) is 34.9 Å². The van der Waals surface area contributed by atoms with Gasteiger partial charge in [-0.25, -0.2) is 4.68 Å². The first-order valence-electron chi connectivity index (χ1n) is 9.44. The molecule has 158 valence electrons. The van der Waals surface area contributed by atoms with Crippen LogP contribution < -0.4 is 0 Å². The summed E-state index contributed by atoms with van der Waals surface area (Å²) in [6, 6.07) is 7.68. The van der Waals surface area contributed by atoms with Gasteiger partial charge in [0, 0.05) is 17.6 Å². The molecule has 2 rings (SSSR count). The fraction of sp³-hybridized carbons (Fsp3) is 0.476. The third-order valence-corrected chi connectivity index (χ3v) is 4.68. The number of carbonyl (C=O) groups excluding carboxylic acids is 2. The lowest BCUT2D eigenvalue weighted by Crippen LogP contribution is -2.42. The van der Waals surface area contributed by atoms with Gasteiger partial charge in [0.2, 0.25) is 0 Å². The lowest BCUT2D eigenvalue weighted by Gasteiger charge is -2.26. The van der Waals surface area contributed by atoms with Gasteiger partial charge in [0.15, 0.2) is 0 Å². The van der Waals surface area contributed by atoms with E-state index in [0.717, 1.165) is 15.9 Å². The number of esters is 1. The van der Waals surface area contributed by atoms with Crippen LogP contribution in [0.2, 0.25) is 0 Å². The fourth-order valence-corrected chi connectivity index (χ4v) is 3.00. The average Bonchev–Trinajstić information content (AvgIpc) is 2.98. The SMILES string of the molecule is Cc1c(C(=O)N(CCN(C)C)CC(=O)OC(C)(C)C)cnn1-c1ccc(Br)cc1. The molecule has 0 aliphatic rings. The molecular weight excluding hydrogens is 436 g/mol. The molecule has 0 aliphatic carbocycles. The van der Waals surface area contributed by atoms with Gasteiger partial charge in [-0.1, -0.05) is 15.9 Å². The Kier molecular flexibility index (Phi) is 7.60. The molecule has 0 N–H and O–H groups in total. The van der Waals surface area contributed by atoms with Gasteiger partial charge in [0.1, 0.15) is 12.1 Å². The van der Waals surface area contributed by atoms with Crippen LogP contribution in [0, 0.1) is 6.92 Å². The van der Waals surface area contributed by atoms with Crippen LogP contribution in [0.4, 0.5) is 0 Å². The molecule has 1 aromatic carbocycles. The number of nitrogens with zero attached hydrogens (tertiary/aromatic N) is 4. The van der Waals surface area contributed by atoms with Gasteiger partial charge in [-0.2, -0.15) is 5.10 Å². The Balaban J connectivity index is 2.25. The van der Waals surface area contributed by atoms with Gasteiger partial charge in [-0.05, 0) is 66.1 Å². The second-order valence-electron chi connectivity index (χ2n) is 8.15. The fourth-order valence-electron chi connectivity index (χ4n) is 2.74. The lowest BCUT2D eigenvalue weighted by molar-refractivity contribution is -0.155. The van der Waals surface area contributed by atoms with Crippen molar-refractivity contribution in [3.63, 3.8) is 0 Å². The summed E-state index contributed by atoms with van der Waals surface area (Å²) in [5, 5.41) is 4.38. The molecule has 8 heteroatoms. The van der Waals surface area contributed by atoms with E-state index >= 15 is 0 Å². The quantitative estimate of drug-likeness (QED) is 0.588. The number of ether oxygens (including phenoxy) is 1. The number of hydrogen-bond acceptors (Lipinski definition) is 5. The molecule has 1 amide bonds. The summed E-state index contributed by atoms with van der Waals surface area (Å²) in [7, 11) is 3.85. The van der Waals surface area contributed by atoms with Crippen LogP contribution in [0.25, 0.3) is 5.69 Å². The number of benzene rings is 1. The summed E-state index contributed by atoms with van der Waals surface area (Å²) >= 11 is 3.42. The highest BCUT2D eigenvalue weighted by atomic mass is 79.9. The summed E-state index contributed by atoms with van der Waals surface area (Å²) in [5.41, 5.74) is 1.44. The number of rotatable bonds is 7. The van der Waals surface area contributed by atoms with Crippen LogP contribution in [0.3, 0.4) is 0 Å². The first-order valence-corrected chi connectivity index (χ1v) is 10.2. The minimum Gasteiger partial charge on any atom is -0.459 e. The molecule has 0 spiro atoms. The summed E-state index contributed by atoms with van der Waals surface area (Å²) < 4.78 is 8.09. The molecule has 0 unspecified atom stereocenters. The zero-order chi connectivity index (χ0) is 21.8. The first kappa shape index (κ1) is 23.1. The lowest BCUT2D eigenvalue weighted by atomic mass is 10.2. The summed E-state index contributed by atoms with van der Waals surface area (Å²) in [6.07, 6.45) is 1.55. The van der Waals surface area contributed by atoms with Gasteiger partial charge in [0.05, 0.1) is 23.1 Å². The third-order valence-electron chi connectivity index (χ3n) is 4.16. The van der Waals surface area contributed by atoms with Crippen LogP contribution in [0.5, 0.6) is 0 Å². The van der Waals surface area contributed by atoms with Crippen molar-refractivity contribution in [2.45, 2.75) is 33.3 Å². The Morgan fingerprint density at radius 3 is 2.31 bits per heavy atom. The largest absolute Gasteiger partial charge is 0.459 e. The van der Waals surface area contributed by atoms with E-state index in [1.54, 1.807) is 10.9 Å². The zero-order valence-corrected chi connectivity index (χ0v) is 19.5. The monoisotopic (exact) mass is 464 g/mol. The summed E-state index contributed by atoms with van der Waals surface area (Å²) in [4.78, 5) is 29.0. The van der Waals surface area contributed by atoms with E-state index in [4.69, 9.17) is 4.74 Å². The Bertz CT molecular complexity index is 854. The van der Waals surface area contributed by atoms with E-state index in [1.165, 1.54) is 4.90 Å². The molecule has 29 heavy (non-hydrogen) atoms. The van der Waals surface area contributed by atoms with Gasteiger partial charge < -0.3 is 14.5 Å². The standard InChI is InChI=1S/C21H29BrN4O3/c1-15-18(13-23-26(15)17-9-7-16(22)8-10-17)20(28)25(12-11-24(5)6)14-19(27)29-21(2,3)4/h7-10,13H,11-12,14H2,1-6H3. The molecule has 0 bridgehead atoms. The van der Waals surface area contributed by atoms with Crippen molar-refractivity contribution in [3.8, 4) is 5.69 Å². The molecule has 0 fully saturated rings. The van der Waals surface area contributed by atoms with Gasteiger partial charge in [-0.15, -0.1) is 0 Å². The molecule has 0 atom stereocenters. The van der Waals surface area contributed by atoms with Crippen molar-refractivity contribution < 1.29 is 14.3 Å². The van der Waals surface area contributed by atoms with Crippen molar-refractivity contribution in [1.82, 2.24) is 19.6 Å². The van der Waals surface area contributed by atoms with E-state index in [-0.39, 0.29) is 12.5 Å². The van der Waals surface area contributed by atoms with Gasteiger partial charge in [0.25, 0.3) is 5.91 Å². The number of likely N-dealkylation sites (N-methyl/N-ethyl adjacent to an activating group) is 1. The van der Waals surface area contributed by atoms with Crippen LogP contribution >= 0.6 is 15.9 Å². The Labute approximate surface area is 180 Å². The van der Waals surface area contributed by atoms with Crippen molar-refractivity contribution in [2.24, 2.45) is 0 Å². The zero-order valence-electron chi connectivity index (χ0n) is 17.9. The highest BCUT2D eigenvalue weighted by molar-refractivity contribution is 9.10. The second kappa shape index (κ2) is 9.54. The number of carbonyl (C=O) groups is 2. The third kappa shape index (κ3) is 6.68. The minimum atomic E-state index is -0.601. The molecular formula is C21H29BrN4O3. The number of hydrogen-bond donors (Lipinski definition) is 0. The predicted octanol–water partition coefficient (Wildman–Crippen LogP) is 3.29. The molecule has 0 saturated heterocycles. The smallest absolute Gasteiger partial charge is 0.326 e. The van der Waals surface area contributed by atoms with Gasteiger partial charge in [-0.3, -0.25) is 9.59 Å². The molecule has 1 heterocycles. The van der Waals surface area contributed by atoms with E-state index in [9.17, 15) is 9.59 Å². The minimum absolute atomic E-state index is 0.104. The molecule has 0 aliphatic heterocycles. The predicted molar refractivity (Wildman–Crippen MR) is 116 cm³/mol. The van der Waals surface area contributed by atoms with Crippen molar-refractivity contribution in [3.05, 3.63) is 46.2 Å².